The van der Waals surface area contributed by atoms with Crippen LogP contribution in [0, 0.1) is 46.3 Å². The Bertz CT molecular complexity index is 689. The third-order valence-electron chi connectivity index (χ3n) is 10.9. The molecule has 0 bridgehead atoms. The van der Waals surface area contributed by atoms with Crippen molar-refractivity contribution in [2.45, 2.75) is 111 Å². The average molecular weight is 447 g/mol. The van der Waals surface area contributed by atoms with Crippen LogP contribution in [0.4, 0.5) is 0 Å². The molecule has 4 heteroatoms. The lowest BCUT2D eigenvalue weighted by Crippen LogP contribution is -2.53. The van der Waals surface area contributed by atoms with Crippen molar-refractivity contribution in [1.29, 1.82) is 0 Å². The van der Waals surface area contributed by atoms with Crippen molar-refractivity contribution in [2.24, 2.45) is 46.3 Å². The molecule has 7 unspecified atom stereocenters. The van der Waals surface area contributed by atoms with E-state index >= 15 is 0 Å². The van der Waals surface area contributed by atoms with E-state index in [0.29, 0.717) is 29.6 Å². The Morgan fingerprint density at radius 3 is 2.41 bits per heavy atom. The molecule has 4 aliphatic rings. The lowest BCUT2D eigenvalue weighted by molar-refractivity contribution is -0.167. The first-order valence-electron chi connectivity index (χ1n) is 13.6. The number of ether oxygens (including phenoxy) is 2. The Balaban J connectivity index is 1.33. The Hall–Kier alpha value is -1.06. The van der Waals surface area contributed by atoms with Crippen LogP contribution >= 0.6 is 0 Å². The molecule has 0 N–H and O–H groups in total. The van der Waals surface area contributed by atoms with Gasteiger partial charge in [-0.2, -0.15) is 0 Å². The minimum absolute atomic E-state index is 0.243. The second kappa shape index (κ2) is 9.66. The van der Waals surface area contributed by atoms with E-state index in [1.54, 1.807) is 6.92 Å². The zero-order valence-electron chi connectivity index (χ0n) is 21.0. The Morgan fingerprint density at radius 2 is 1.62 bits per heavy atom. The van der Waals surface area contributed by atoms with E-state index in [1.807, 2.05) is 0 Å². The predicted molar refractivity (Wildman–Crippen MR) is 126 cm³/mol. The minimum Gasteiger partial charge on any atom is -0.428 e. The maximum Gasteiger partial charge on any atom is 0.308 e. The van der Waals surface area contributed by atoms with E-state index in [0.717, 1.165) is 36.0 Å². The highest BCUT2D eigenvalue weighted by atomic mass is 16.7. The zero-order valence-corrected chi connectivity index (χ0v) is 21.0. The molecule has 4 rings (SSSR count). The van der Waals surface area contributed by atoms with Gasteiger partial charge in [0.2, 0.25) is 6.79 Å². The molecule has 0 amide bonds. The normalized spacial score (nSPS) is 41.7. The van der Waals surface area contributed by atoms with E-state index < -0.39 is 0 Å². The number of hydrogen-bond acceptors (Lipinski definition) is 4. The predicted octanol–water partition coefficient (Wildman–Crippen LogP) is 6.91. The summed E-state index contributed by atoms with van der Waals surface area (Å²) < 4.78 is 9.98. The van der Waals surface area contributed by atoms with Crippen LogP contribution < -0.4 is 0 Å². The number of esters is 2. The van der Waals surface area contributed by atoms with Gasteiger partial charge in [0.05, 0.1) is 0 Å². The van der Waals surface area contributed by atoms with Crippen LogP contribution in [0.1, 0.15) is 111 Å². The molecule has 0 aromatic heterocycles. The zero-order chi connectivity index (χ0) is 22.9. The second-order valence-electron chi connectivity index (χ2n) is 12.2. The third-order valence-corrected chi connectivity index (χ3v) is 10.9. The molecule has 0 aromatic carbocycles. The maximum atomic E-state index is 12.1. The van der Waals surface area contributed by atoms with Crippen LogP contribution in [-0.2, 0) is 19.1 Å². The van der Waals surface area contributed by atoms with Gasteiger partial charge in [0.25, 0.3) is 0 Å². The number of fused-ring (bicyclic) bond motifs is 5. The van der Waals surface area contributed by atoms with Crippen LogP contribution in [0.15, 0.2) is 0 Å². The molecular formula is C28H46O4. The Kier molecular flexibility index (Phi) is 7.27. The van der Waals surface area contributed by atoms with Gasteiger partial charge in [-0.1, -0.05) is 40.5 Å². The lowest BCUT2D eigenvalue weighted by atomic mass is 9.44. The fourth-order valence-corrected chi connectivity index (χ4v) is 9.15. The average Bonchev–Trinajstić information content (AvgIpc) is 3.14. The van der Waals surface area contributed by atoms with Crippen molar-refractivity contribution in [3.63, 3.8) is 0 Å². The molecule has 4 aliphatic carbocycles. The Morgan fingerprint density at radius 1 is 0.875 bits per heavy atom. The summed E-state index contributed by atoms with van der Waals surface area (Å²) in [5.74, 6) is 4.44. The molecule has 0 heterocycles. The first kappa shape index (κ1) is 24.1. The summed E-state index contributed by atoms with van der Waals surface area (Å²) in [5.41, 5.74) is 1.05. The van der Waals surface area contributed by atoms with Gasteiger partial charge < -0.3 is 9.47 Å². The molecule has 0 radical (unpaired) electrons. The van der Waals surface area contributed by atoms with Crippen molar-refractivity contribution >= 4 is 11.9 Å². The summed E-state index contributed by atoms with van der Waals surface area (Å²) in [7, 11) is 0. The summed E-state index contributed by atoms with van der Waals surface area (Å²) in [4.78, 5) is 23.3. The van der Waals surface area contributed by atoms with Gasteiger partial charge in [0, 0.05) is 12.8 Å². The van der Waals surface area contributed by atoms with Gasteiger partial charge in [-0.05, 0) is 104 Å². The quantitative estimate of drug-likeness (QED) is 0.315. The molecule has 4 saturated carbocycles. The largest absolute Gasteiger partial charge is 0.428 e. The fraction of sp³-hybridized carbons (Fsp3) is 0.929. The molecular weight excluding hydrogens is 400 g/mol. The van der Waals surface area contributed by atoms with Gasteiger partial charge >= 0.3 is 11.9 Å². The third kappa shape index (κ3) is 4.37. The molecule has 32 heavy (non-hydrogen) atoms. The molecule has 0 aliphatic heterocycles. The first-order valence-corrected chi connectivity index (χ1v) is 13.6. The van der Waals surface area contributed by atoms with E-state index in [-0.39, 0.29) is 18.7 Å². The van der Waals surface area contributed by atoms with Crippen LogP contribution in [0.5, 0.6) is 0 Å². The second-order valence-corrected chi connectivity index (χ2v) is 12.2. The fourth-order valence-electron chi connectivity index (χ4n) is 9.15. The van der Waals surface area contributed by atoms with E-state index in [9.17, 15) is 9.59 Å². The van der Waals surface area contributed by atoms with E-state index in [4.69, 9.17) is 9.47 Å². The van der Waals surface area contributed by atoms with Gasteiger partial charge in [0.1, 0.15) is 0 Å². The van der Waals surface area contributed by atoms with Gasteiger partial charge in [-0.15, -0.1) is 0 Å². The SMILES string of the molecule is CCC(=O)OCOC(=O)CC[C@@H](C)C1CCC2C3CCC4CCCCC4(C)C3CCC21C. The lowest BCUT2D eigenvalue weighted by Gasteiger charge is -2.61. The standard InChI is InChI=1S/C28H46O4/c1-5-25(29)31-18-32-26(30)14-9-19(2)22-12-13-23-21-11-10-20-8-6-7-16-27(20,3)24(21)15-17-28(22,23)4/h19-24H,5-18H2,1-4H3/t19-,20?,21?,22?,23?,24?,27?,28?/m1/s1. The number of carbonyl (C=O) groups is 2. The van der Waals surface area contributed by atoms with Crippen LogP contribution in [0.3, 0.4) is 0 Å². The van der Waals surface area contributed by atoms with Crippen LogP contribution in [-0.4, -0.2) is 18.7 Å². The minimum atomic E-state index is -0.331. The van der Waals surface area contributed by atoms with Crippen molar-refractivity contribution in [3.05, 3.63) is 0 Å². The summed E-state index contributed by atoms with van der Waals surface area (Å²) in [5, 5.41) is 0. The van der Waals surface area contributed by atoms with E-state index in [2.05, 4.69) is 20.8 Å². The molecule has 0 saturated heterocycles. The topological polar surface area (TPSA) is 52.6 Å². The summed E-state index contributed by atoms with van der Waals surface area (Å²) in [6, 6.07) is 0. The highest BCUT2D eigenvalue weighted by Crippen LogP contribution is 2.68. The van der Waals surface area contributed by atoms with Gasteiger partial charge in [-0.25, -0.2) is 0 Å². The monoisotopic (exact) mass is 446 g/mol. The summed E-state index contributed by atoms with van der Waals surface area (Å²) >= 11 is 0. The van der Waals surface area contributed by atoms with Gasteiger partial charge in [0.15, 0.2) is 0 Å². The number of hydrogen-bond donors (Lipinski definition) is 0. The van der Waals surface area contributed by atoms with Crippen molar-refractivity contribution in [1.82, 2.24) is 0 Å². The highest BCUT2D eigenvalue weighted by molar-refractivity contribution is 5.70. The van der Waals surface area contributed by atoms with Gasteiger partial charge in [-0.3, -0.25) is 9.59 Å². The van der Waals surface area contributed by atoms with Crippen LogP contribution in [0.25, 0.3) is 0 Å². The summed E-state index contributed by atoms with van der Waals surface area (Å²) in [6.07, 6.45) is 15.9. The molecule has 182 valence electrons. The Labute approximate surface area is 195 Å². The van der Waals surface area contributed by atoms with Crippen molar-refractivity contribution < 1.29 is 19.1 Å². The molecule has 0 aromatic rings. The molecule has 8 atom stereocenters. The molecule has 4 fully saturated rings. The van der Waals surface area contributed by atoms with Crippen molar-refractivity contribution in [3.8, 4) is 0 Å². The smallest absolute Gasteiger partial charge is 0.308 e. The molecule has 0 spiro atoms. The first-order chi connectivity index (χ1) is 15.3. The molecule has 4 nitrogen and oxygen atoms in total. The maximum absolute atomic E-state index is 12.1. The van der Waals surface area contributed by atoms with E-state index in [1.165, 1.54) is 64.2 Å². The van der Waals surface area contributed by atoms with Crippen LogP contribution in [0.2, 0.25) is 0 Å². The highest BCUT2D eigenvalue weighted by Gasteiger charge is 2.60. The summed E-state index contributed by atoms with van der Waals surface area (Å²) in [6.45, 7) is 9.10. The number of rotatable bonds is 7. The van der Waals surface area contributed by atoms with Crippen molar-refractivity contribution in [2.75, 3.05) is 6.79 Å². The number of carbonyl (C=O) groups excluding carboxylic acids is 2.